The highest BCUT2D eigenvalue weighted by Gasteiger charge is 2.10. The zero-order valence-corrected chi connectivity index (χ0v) is 11.9. The molecule has 2 aromatic carbocycles. The number of hydrogen-bond donors (Lipinski definition) is 2. The van der Waals surface area contributed by atoms with Crippen LogP contribution in [0.3, 0.4) is 0 Å². The second-order valence-electron chi connectivity index (χ2n) is 3.81. The third kappa shape index (κ3) is 3.24. The van der Waals surface area contributed by atoms with E-state index in [-0.39, 0.29) is 10.6 Å². The molecular formula is C13H9BrClFN2O. The van der Waals surface area contributed by atoms with Crippen molar-refractivity contribution >= 4 is 44.8 Å². The van der Waals surface area contributed by atoms with E-state index >= 15 is 0 Å². The zero-order valence-electron chi connectivity index (χ0n) is 9.58. The van der Waals surface area contributed by atoms with Crippen molar-refractivity contribution < 1.29 is 9.18 Å². The summed E-state index contributed by atoms with van der Waals surface area (Å²) >= 11 is 8.82. The number of nitrogen functional groups attached to an aromatic ring is 1. The summed E-state index contributed by atoms with van der Waals surface area (Å²) in [5, 5.41) is 2.58. The van der Waals surface area contributed by atoms with Crippen LogP contribution in [0.25, 0.3) is 0 Å². The number of benzene rings is 2. The second-order valence-corrected chi connectivity index (χ2v) is 5.14. The molecule has 0 bridgehead atoms. The number of carbonyl (C=O) groups is 1. The van der Waals surface area contributed by atoms with Crippen molar-refractivity contribution in [2.24, 2.45) is 0 Å². The van der Waals surface area contributed by atoms with Gasteiger partial charge in [-0.25, -0.2) is 4.39 Å². The number of rotatable bonds is 2. The van der Waals surface area contributed by atoms with Gasteiger partial charge in [0.2, 0.25) is 0 Å². The standard InChI is InChI=1S/C13H9BrClFN2O/c14-8-2-4-12(11(17)6-8)18-13(19)7-1-3-9(15)10(16)5-7/h1-6H,17H2,(H,18,19). The van der Waals surface area contributed by atoms with Crippen LogP contribution in [-0.4, -0.2) is 5.91 Å². The molecule has 0 fully saturated rings. The van der Waals surface area contributed by atoms with E-state index in [1.807, 2.05) is 0 Å². The lowest BCUT2D eigenvalue weighted by Gasteiger charge is -2.08. The fourth-order valence-electron chi connectivity index (χ4n) is 1.48. The van der Waals surface area contributed by atoms with Gasteiger partial charge in [0, 0.05) is 10.0 Å². The van der Waals surface area contributed by atoms with Gasteiger partial charge in [0.15, 0.2) is 0 Å². The van der Waals surface area contributed by atoms with Gasteiger partial charge >= 0.3 is 0 Å². The number of nitrogens with one attached hydrogen (secondary N) is 1. The van der Waals surface area contributed by atoms with Crippen molar-refractivity contribution in [3.05, 3.63) is 57.3 Å². The lowest BCUT2D eigenvalue weighted by atomic mass is 10.2. The molecule has 19 heavy (non-hydrogen) atoms. The zero-order chi connectivity index (χ0) is 14.0. The molecule has 0 heterocycles. The molecule has 6 heteroatoms. The third-order valence-electron chi connectivity index (χ3n) is 2.44. The molecule has 0 unspecified atom stereocenters. The Kier molecular flexibility index (Phi) is 4.07. The largest absolute Gasteiger partial charge is 0.397 e. The van der Waals surface area contributed by atoms with Gasteiger partial charge in [-0.3, -0.25) is 4.79 Å². The summed E-state index contributed by atoms with van der Waals surface area (Å²) in [6, 6.07) is 8.91. The minimum atomic E-state index is -0.641. The van der Waals surface area contributed by atoms with Gasteiger partial charge in [-0.2, -0.15) is 0 Å². The Hall–Kier alpha value is -1.59. The quantitative estimate of drug-likeness (QED) is 0.807. The van der Waals surface area contributed by atoms with Gasteiger partial charge in [-0.1, -0.05) is 27.5 Å². The minimum absolute atomic E-state index is 0.0281. The van der Waals surface area contributed by atoms with Crippen molar-refractivity contribution in [3.63, 3.8) is 0 Å². The highest BCUT2D eigenvalue weighted by atomic mass is 79.9. The number of hydrogen-bond acceptors (Lipinski definition) is 2. The third-order valence-corrected chi connectivity index (χ3v) is 3.24. The predicted octanol–water partition coefficient (Wildman–Crippen LogP) is 4.08. The minimum Gasteiger partial charge on any atom is -0.397 e. The highest BCUT2D eigenvalue weighted by molar-refractivity contribution is 9.10. The van der Waals surface area contributed by atoms with E-state index in [0.29, 0.717) is 11.4 Å². The average Bonchev–Trinajstić information content (AvgIpc) is 2.36. The highest BCUT2D eigenvalue weighted by Crippen LogP contribution is 2.24. The summed E-state index contributed by atoms with van der Waals surface area (Å²) in [4.78, 5) is 11.9. The maximum absolute atomic E-state index is 13.3. The molecule has 2 aromatic rings. The van der Waals surface area contributed by atoms with E-state index < -0.39 is 11.7 Å². The summed E-state index contributed by atoms with van der Waals surface area (Å²) in [6.07, 6.45) is 0. The van der Waals surface area contributed by atoms with Crippen LogP contribution in [0.1, 0.15) is 10.4 Å². The summed E-state index contributed by atoms with van der Waals surface area (Å²) in [5.41, 5.74) is 6.81. The van der Waals surface area contributed by atoms with E-state index in [1.54, 1.807) is 18.2 Å². The van der Waals surface area contributed by atoms with Crippen LogP contribution < -0.4 is 11.1 Å². The first kappa shape index (κ1) is 13.8. The predicted molar refractivity (Wildman–Crippen MR) is 77.9 cm³/mol. The lowest BCUT2D eigenvalue weighted by molar-refractivity contribution is 0.102. The maximum Gasteiger partial charge on any atom is 0.255 e. The normalized spacial score (nSPS) is 10.3. The van der Waals surface area contributed by atoms with Crippen molar-refractivity contribution in [3.8, 4) is 0 Å². The first-order valence-corrected chi connectivity index (χ1v) is 6.46. The summed E-state index contributed by atoms with van der Waals surface area (Å²) < 4.78 is 14.1. The Balaban J connectivity index is 2.23. The second kappa shape index (κ2) is 5.59. The first-order chi connectivity index (χ1) is 8.97. The van der Waals surface area contributed by atoms with Crippen molar-refractivity contribution in [2.45, 2.75) is 0 Å². The molecule has 0 aliphatic carbocycles. The van der Waals surface area contributed by atoms with Crippen molar-refractivity contribution in [1.82, 2.24) is 0 Å². The molecule has 98 valence electrons. The number of nitrogens with two attached hydrogens (primary N) is 1. The number of carbonyl (C=O) groups excluding carboxylic acids is 1. The van der Waals surface area contributed by atoms with Crippen LogP contribution >= 0.6 is 27.5 Å². The van der Waals surface area contributed by atoms with E-state index in [1.165, 1.54) is 12.1 Å². The molecule has 3 N–H and O–H groups in total. The molecule has 0 atom stereocenters. The molecule has 0 spiro atoms. The van der Waals surface area contributed by atoms with Crippen LogP contribution in [0.2, 0.25) is 5.02 Å². The van der Waals surface area contributed by atoms with E-state index in [4.69, 9.17) is 17.3 Å². The Bertz CT molecular complexity index is 649. The van der Waals surface area contributed by atoms with Gasteiger partial charge in [0.25, 0.3) is 5.91 Å². The smallest absolute Gasteiger partial charge is 0.255 e. The van der Waals surface area contributed by atoms with Gasteiger partial charge in [0.05, 0.1) is 16.4 Å². The molecule has 0 aromatic heterocycles. The van der Waals surface area contributed by atoms with E-state index in [9.17, 15) is 9.18 Å². The maximum atomic E-state index is 13.3. The summed E-state index contributed by atoms with van der Waals surface area (Å²) in [6.45, 7) is 0. The fourth-order valence-corrected chi connectivity index (χ4v) is 1.98. The van der Waals surface area contributed by atoms with Gasteiger partial charge in [-0.05, 0) is 36.4 Å². The van der Waals surface area contributed by atoms with Crippen molar-refractivity contribution in [2.75, 3.05) is 11.1 Å². The Morgan fingerprint density at radius 2 is 2.00 bits per heavy atom. The first-order valence-electron chi connectivity index (χ1n) is 5.29. The van der Waals surface area contributed by atoms with E-state index in [2.05, 4.69) is 21.2 Å². The Morgan fingerprint density at radius 1 is 1.26 bits per heavy atom. The summed E-state index contributed by atoms with van der Waals surface area (Å²) in [5.74, 6) is -1.09. The lowest BCUT2D eigenvalue weighted by Crippen LogP contribution is -2.13. The molecule has 3 nitrogen and oxygen atoms in total. The molecule has 0 saturated heterocycles. The topological polar surface area (TPSA) is 55.1 Å². The molecule has 1 amide bonds. The molecule has 0 aliphatic rings. The van der Waals surface area contributed by atoms with Crippen LogP contribution in [-0.2, 0) is 0 Å². The number of halogens is 3. The van der Waals surface area contributed by atoms with Crippen LogP contribution in [0.15, 0.2) is 40.9 Å². The number of anilines is 2. The van der Waals surface area contributed by atoms with E-state index in [0.717, 1.165) is 10.5 Å². The van der Waals surface area contributed by atoms with Crippen LogP contribution in [0.5, 0.6) is 0 Å². The van der Waals surface area contributed by atoms with Gasteiger partial charge in [0.1, 0.15) is 5.82 Å². The molecule has 0 aliphatic heterocycles. The molecule has 0 radical (unpaired) electrons. The summed E-state index contributed by atoms with van der Waals surface area (Å²) in [7, 11) is 0. The monoisotopic (exact) mass is 342 g/mol. The van der Waals surface area contributed by atoms with Crippen LogP contribution in [0, 0.1) is 5.82 Å². The Morgan fingerprint density at radius 3 is 2.63 bits per heavy atom. The molecule has 0 saturated carbocycles. The Labute approximate surface area is 122 Å². The van der Waals surface area contributed by atoms with Crippen LogP contribution in [0.4, 0.5) is 15.8 Å². The van der Waals surface area contributed by atoms with Crippen molar-refractivity contribution in [1.29, 1.82) is 0 Å². The van der Waals surface area contributed by atoms with Gasteiger partial charge in [-0.15, -0.1) is 0 Å². The molecular weight excluding hydrogens is 335 g/mol. The SMILES string of the molecule is Nc1cc(Br)ccc1NC(=O)c1ccc(Cl)c(F)c1. The fraction of sp³-hybridized carbons (Fsp3) is 0. The average molecular weight is 344 g/mol. The number of amides is 1. The molecule has 2 rings (SSSR count). The van der Waals surface area contributed by atoms with Gasteiger partial charge < -0.3 is 11.1 Å².